The Balaban J connectivity index is 1.11. The van der Waals surface area contributed by atoms with Crippen LogP contribution in [0.1, 0.15) is 77.9 Å². The van der Waals surface area contributed by atoms with Crippen molar-refractivity contribution < 1.29 is 26.7 Å². The molecule has 0 spiro atoms. The average molecular weight is 586 g/mol. The highest BCUT2D eigenvalue weighted by Crippen LogP contribution is 2.33. The zero-order valence-corrected chi connectivity index (χ0v) is 23.9. The zero-order chi connectivity index (χ0) is 32.0. The lowest BCUT2D eigenvalue weighted by molar-refractivity contribution is -0.118. The highest BCUT2D eigenvalue weighted by atomic mass is 16.5. The zero-order valence-electron chi connectivity index (χ0n) is 25.9. The Morgan fingerprint density at radius 1 is 0.907 bits per heavy atom. The molecule has 1 fully saturated rings. The Labute approximate surface area is 253 Å². The first-order chi connectivity index (χ1) is 21.6. The third kappa shape index (κ3) is 7.98. The summed E-state index contributed by atoms with van der Waals surface area (Å²) < 4.78 is 20.1. The fourth-order valence-corrected chi connectivity index (χ4v) is 4.83. The van der Waals surface area contributed by atoms with Crippen LogP contribution in [-0.2, 0) is 11.3 Å². The first kappa shape index (κ1) is 27.2. The Morgan fingerprint density at radius 3 is 2.30 bits per heavy atom. The molecule has 5 N–H and O–H groups in total. The molecule has 43 heavy (non-hydrogen) atoms. The van der Waals surface area contributed by atoms with Crippen molar-refractivity contribution in [2.24, 2.45) is 5.73 Å². The minimum atomic E-state index is -1.66. The summed E-state index contributed by atoms with van der Waals surface area (Å²) >= 11 is 0. The molecule has 10 heteroatoms. The quantitative estimate of drug-likeness (QED) is 0.220. The van der Waals surface area contributed by atoms with Gasteiger partial charge in [-0.15, -0.1) is 0 Å². The van der Waals surface area contributed by atoms with Gasteiger partial charge in [0.15, 0.2) is 6.61 Å². The molecule has 0 unspecified atom stereocenters. The molecule has 1 saturated carbocycles. The second-order valence-electron chi connectivity index (χ2n) is 10.7. The second kappa shape index (κ2) is 14.0. The van der Waals surface area contributed by atoms with E-state index >= 15 is 0 Å². The largest absolute Gasteiger partial charge is 0.482 e. The molecule has 3 aromatic rings. The van der Waals surface area contributed by atoms with E-state index in [-0.39, 0.29) is 42.7 Å². The van der Waals surface area contributed by atoms with Gasteiger partial charge in [0.25, 0.3) is 23.6 Å². The number of carbonyl (C=O) groups excluding carboxylic acids is 4. The predicted octanol–water partition coefficient (Wildman–Crippen LogP) is 4.32. The van der Waals surface area contributed by atoms with Crippen LogP contribution in [0.5, 0.6) is 5.75 Å². The van der Waals surface area contributed by atoms with Crippen molar-refractivity contribution in [1.29, 1.82) is 0 Å². The summed E-state index contributed by atoms with van der Waals surface area (Å²) in [6.45, 7) is -0.862. The fourth-order valence-electron chi connectivity index (χ4n) is 4.83. The van der Waals surface area contributed by atoms with Gasteiger partial charge in [0.05, 0.1) is 5.69 Å². The number of carbonyl (C=O) groups is 4. The number of unbranched alkanes of at least 4 members (excludes halogenated alkanes) is 2. The number of fused-ring (bicyclic) bond motifs is 1. The van der Waals surface area contributed by atoms with E-state index in [1.54, 1.807) is 54.6 Å². The maximum Gasteiger partial charge on any atom is 0.262 e. The maximum atomic E-state index is 13.4. The van der Waals surface area contributed by atoms with Crippen LogP contribution in [0.2, 0.25) is 0 Å². The average Bonchev–Trinajstić information content (AvgIpc) is 3.86. The maximum absolute atomic E-state index is 13.4. The van der Waals surface area contributed by atoms with Gasteiger partial charge >= 0.3 is 0 Å². The van der Waals surface area contributed by atoms with Crippen molar-refractivity contribution in [1.82, 2.24) is 10.2 Å². The molecule has 2 aliphatic rings. The smallest absolute Gasteiger partial charge is 0.262 e. The van der Waals surface area contributed by atoms with E-state index in [4.69, 9.17) is 13.2 Å². The van der Waals surface area contributed by atoms with Gasteiger partial charge in [-0.3, -0.25) is 19.2 Å². The lowest BCUT2D eigenvalue weighted by atomic mass is 10.1. The molecule has 224 valence electrons. The Morgan fingerprint density at radius 2 is 1.58 bits per heavy atom. The molecule has 0 radical (unpaired) electrons. The van der Waals surface area contributed by atoms with E-state index in [0.717, 1.165) is 31.2 Å². The molecule has 4 amide bonds. The van der Waals surface area contributed by atoms with Crippen LogP contribution in [0, 0.1) is 0 Å². The van der Waals surface area contributed by atoms with Gasteiger partial charge in [-0.05, 0) is 92.3 Å². The molecular formula is C33H37N5O5. The molecule has 5 rings (SSSR count). The van der Waals surface area contributed by atoms with Crippen LogP contribution < -0.4 is 26.4 Å². The van der Waals surface area contributed by atoms with Crippen molar-refractivity contribution in [3.05, 3.63) is 89.0 Å². The molecule has 1 aliphatic heterocycles. The predicted molar refractivity (Wildman–Crippen MR) is 164 cm³/mol. The number of hydrogen-bond donors (Lipinski definition) is 4. The molecule has 3 aromatic carbocycles. The SMILES string of the molecule is [2H]C([2H])(N)CCCCCNC(=O)c1ccc(NC(=O)c2ccc(CN(C(=O)c3ccc4c(c3)OCC(=O)N4)C3CC3)cc2)cc1. The summed E-state index contributed by atoms with van der Waals surface area (Å²) in [5.74, 6) is -0.384. The van der Waals surface area contributed by atoms with Gasteiger partial charge in [-0.25, -0.2) is 0 Å². The van der Waals surface area contributed by atoms with Crippen LogP contribution in [0.15, 0.2) is 66.7 Å². The minimum absolute atomic E-state index is 0.0827. The number of ether oxygens (including phenoxy) is 1. The van der Waals surface area contributed by atoms with Crippen molar-refractivity contribution in [2.75, 3.05) is 30.3 Å². The van der Waals surface area contributed by atoms with E-state index in [1.807, 2.05) is 17.0 Å². The summed E-state index contributed by atoms with van der Waals surface area (Å²) in [5, 5.41) is 8.42. The number of nitrogens with two attached hydrogens (primary N) is 1. The minimum Gasteiger partial charge on any atom is -0.482 e. The highest BCUT2D eigenvalue weighted by molar-refractivity contribution is 6.04. The van der Waals surface area contributed by atoms with Gasteiger partial charge in [0.1, 0.15) is 5.75 Å². The standard InChI is InChI=1S/C33H37N5O5/c34-17-3-1-2-4-18-35-31(40)23-9-12-26(13-10-23)36-32(41)24-7-5-22(6-8-24)20-38(27-14-15-27)33(42)25-11-16-28-29(19-25)43-21-30(39)37-28/h5-13,16,19,27H,1-4,14-15,17-18,20-21,34H2,(H,35,40)(H,36,41)(H,37,39)/i17D2. The van der Waals surface area contributed by atoms with Crippen LogP contribution in [0.25, 0.3) is 0 Å². The molecule has 10 nitrogen and oxygen atoms in total. The summed E-state index contributed by atoms with van der Waals surface area (Å²) in [6, 6.07) is 18.9. The van der Waals surface area contributed by atoms with Gasteiger partial charge < -0.3 is 31.3 Å². The van der Waals surface area contributed by atoms with Gasteiger partial charge in [0.2, 0.25) is 0 Å². The van der Waals surface area contributed by atoms with E-state index < -0.39 is 6.50 Å². The van der Waals surface area contributed by atoms with Crippen molar-refractivity contribution in [2.45, 2.75) is 51.1 Å². The van der Waals surface area contributed by atoms with Crippen molar-refractivity contribution >= 4 is 35.0 Å². The molecular weight excluding hydrogens is 546 g/mol. The molecule has 0 aromatic heterocycles. The first-order valence-corrected chi connectivity index (χ1v) is 14.5. The summed E-state index contributed by atoms with van der Waals surface area (Å²) in [5.41, 5.74) is 8.75. The summed E-state index contributed by atoms with van der Waals surface area (Å²) in [7, 11) is 0. The molecule has 0 saturated heterocycles. The van der Waals surface area contributed by atoms with E-state index in [2.05, 4.69) is 16.0 Å². The number of amides is 4. The Kier molecular flexibility index (Phi) is 8.83. The number of rotatable bonds is 13. The van der Waals surface area contributed by atoms with Gasteiger partial charge in [0, 0.05) is 44.3 Å². The monoisotopic (exact) mass is 585 g/mol. The normalized spacial score (nSPS) is 14.8. The van der Waals surface area contributed by atoms with Crippen LogP contribution in [0.4, 0.5) is 11.4 Å². The van der Waals surface area contributed by atoms with E-state index in [9.17, 15) is 19.2 Å². The highest BCUT2D eigenvalue weighted by Gasteiger charge is 2.33. The number of benzene rings is 3. The fraction of sp³-hybridized carbons (Fsp3) is 0.333. The van der Waals surface area contributed by atoms with Gasteiger partial charge in [-0.1, -0.05) is 25.0 Å². The van der Waals surface area contributed by atoms with Crippen molar-refractivity contribution in [3.63, 3.8) is 0 Å². The Bertz CT molecular complexity index is 1550. The third-order valence-corrected chi connectivity index (χ3v) is 7.37. The second-order valence-corrected chi connectivity index (χ2v) is 10.7. The lowest BCUT2D eigenvalue weighted by Crippen LogP contribution is -2.33. The van der Waals surface area contributed by atoms with Crippen LogP contribution in [0.3, 0.4) is 0 Å². The Hall–Kier alpha value is -4.70. The van der Waals surface area contributed by atoms with Crippen molar-refractivity contribution in [3.8, 4) is 5.75 Å². The number of anilines is 2. The lowest BCUT2D eigenvalue weighted by Gasteiger charge is -2.24. The van der Waals surface area contributed by atoms with Gasteiger partial charge in [-0.2, -0.15) is 0 Å². The molecule has 1 aliphatic carbocycles. The number of hydrogen-bond acceptors (Lipinski definition) is 6. The summed E-state index contributed by atoms with van der Waals surface area (Å²) in [6.07, 6.45) is 4.31. The van der Waals surface area contributed by atoms with E-state index in [0.29, 0.717) is 53.3 Å². The molecule has 1 heterocycles. The molecule has 0 atom stereocenters. The number of nitrogens with zero attached hydrogens (tertiary/aromatic N) is 1. The van der Waals surface area contributed by atoms with E-state index in [1.165, 1.54) is 0 Å². The topological polar surface area (TPSA) is 143 Å². The molecule has 0 bridgehead atoms. The number of nitrogens with one attached hydrogen (secondary N) is 3. The van der Waals surface area contributed by atoms with Crippen LogP contribution in [-0.4, -0.2) is 54.2 Å². The third-order valence-electron chi connectivity index (χ3n) is 7.37. The van der Waals surface area contributed by atoms with Crippen LogP contribution >= 0.6 is 0 Å². The summed E-state index contributed by atoms with van der Waals surface area (Å²) in [4.78, 5) is 52.1. The first-order valence-electron chi connectivity index (χ1n) is 15.5.